The number of fused-ring (bicyclic) bond motifs is 3. The molecule has 2 aliphatic rings. The van der Waals surface area contributed by atoms with E-state index >= 15 is 0 Å². The van der Waals surface area contributed by atoms with Crippen molar-refractivity contribution in [2.75, 3.05) is 19.5 Å². The number of carbonyl (C=O) groups excluding carboxylic acids is 1. The van der Waals surface area contributed by atoms with Gasteiger partial charge in [0.1, 0.15) is 0 Å². The Morgan fingerprint density at radius 3 is 2.94 bits per heavy atom. The second-order valence-corrected chi connectivity index (χ2v) is 10.2. The molecule has 0 aliphatic heterocycles. The van der Waals surface area contributed by atoms with Crippen LogP contribution in [0.4, 0.5) is 0 Å². The van der Waals surface area contributed by atoms with E-state index in [1.807, 2.05) is 0 Å². The van der Waals surface area contributed by atoms with E-state index in [2.05, 4.69) is 17.2 Å². The van der Waals surface area contributed by atoms with Crippen molar-refractivity contribution in [3.8, 4) is 0 Å². The number of hydrogen-bond donors (Lipinski definition) is 1. The van der Waals surface area contributed by atoms with Crippen molar-refractivity contribution < 1.29 is 9.53 Å². The molecule has 2 fully saturated rings. The Kier molecular flexibility index (Phi) is 7.24. The van der Waals surface area contributed by atoms with Crippen LogP contribution >= 0.6 is 23.4 Å². The van der Waals surface area contributed by atoms with E-state index in [0.717, 1.165) is 11.8 Å². The molecule has 4 rings (SSSR count). The van der Waals surface area contributed by atoms with E-state index in [0.29, 0.717) is 46.6 Å². The normalized spacial score (nSPS) is 23.4. The maximum Gasteiger partial charge on any atom is 0.262 e. The lowest BCUT2D eigenvalue weighted by Gasteiger charge is -2.28. The van der Waals surface area contributed by atoms with Crippen molar-refractivity contribution >= 4 is 40.2 Å². The van der Waals surface area contributed by atoms with Crippen LogP contribution < -0.4 is 10.9 Å². The van der Waals surface area contributed by atoms with Crippen LogP contribution in [0.1, 0.15) is 39.0 Å². The van der Waals surface area contributed by atoms with E-state index in [-0.39, 0.29) is 23.3 Å². The summed E-state index contributed by atoms with van der Waals surface area (Å²) in [7, 11) is 1.64. The highest BCUT2D eigenvalue weighted by Gasteiger charge is 2.42. The minimum atomic E-state index is -0.115. The van der Waals surface area contributed by atoms with Crippen molar-refractivity contribution in [1.82, 2.24) is 14.9 Å². The highest BCUT2D eigenvalue weighted by atomic mass is 35.5. The summed E-state index contributed by atoms with van der Waals surface area (Å²) in [5.41, 5.74) is 0.440. The highest BCUT2D eigenvalue weighted by Crippen LogP contribution is 2.49. The predicted octanol–water partition coefficient (Wildman–Crippen LogP) is 4.12. The Hall–Kier alpha value is -1.57. The van der Waals surface area contributed by atoms with Crippen LogP contribution in [0.15, 0.2) is 28.2 Å². The zero-order valence-electron chi connectivity index (χ0n) is 18.1. The molecule has 0 spiro atoms. The van der Waals surface area contributed by atoms with E-state index in [1.165, 1.54) is 37.4 Å². The molecule has 2 bridgehead atoms. The summed E-state index contributed by atoms with van der Waals surface area (Å²) >= 11 is 7.41. The monoisotopic (exact) mass is 463 g/mol. The minimum Gasteiger partial charge on any atom is -0.385 e. The minimum absolute atomic E-state index is 0.0100. The van der Waals surface area contributed by atoms with Crippen LogP contribution in [0.25, 0.3) is 10.9 Å². The summed E-state index contributed by atoms with van der Waals surface area (Å²) < 4.78 is 6.78. The summed E-state index contributed by atoms with van der Waals surface area (Å²) in [5.74, 6) is 2.45. The van der Waals surface area contributed by atoms with Gasteiger partial charge in [-0.05, 0) is 68.6 Å². The van der Waals surface area contributed by atoms with Crippen molar-refractivity contribution in [1.29, 1.82) is 0 Å². The Bertz CT molecular complexity index is 1010. The number of rotatable bonds is 9. The molecule has 1 N–H and O–H groups in total. The molecule has 2 aromatic rings. The fraction of sp³-hybridized carbons (Fsp3) is 0.609. The molecule has 4 unspecified atom stereocenters. The van der Waals surface area contributed by atoms with Gasteiger partial charge in [0, 0.05) is 31.3 Å². The van der Waals surface area contributed by atoms with Gasteiger partial charge in [0.05, 0.1) is 16.7 Å². The van der Waals surface area contributed by atoms with Gasteiger partial charge < -0.3 is 10.1 Å². The second kappa shape index (κ2) is 9.92. The number of aromatic nitrogens is 2. The first kappa shape index (κ1) is 22.6. The van der Waals surface area contributed by atoms with Gasteiger partial charge in [-0.1, -0.05) is 29.8 Å². The van der Waals surface area contributed by atoms with Crippen LogP contribution in [-0.2, 0) is 16.1 Å². The van der Waals surface area contributed by atoms with Crippen molar-refractivity contribution in [3.05, 3.63) is 33.6 Å². The Balaban J connectivity index is 1.46. The third kappa shape index (κ3) is 5.10. The third-order valence-corrected chi connectivity index (χ3v) is 7.98. The number of ether oxygens (including phenoxy) is 1. The zero-order valence-corrected chi connectivity index (χ0v) is 19.7. The standard InChI is InChI=1S/C23H30ClN3O3S/c1-14(19-11-15-4-5-16(19)10-15)25-21(28)13-31-23-26-20-12-17(24)6-7-18(20)22(29)27(23)8-3-9-30-2/h6-7,12,14-16,19H,3-5,8-11,13H2,1-2H3,(H,25,28). The van der Waals surface area contributed by atoms with Crippen LogP contribution in [0.2, 0.25) is 5.02 Å². The van der Waals surface area contributed by atoms with Gasteiger partial charge in [-0.2, -0.15) is 0 Å². The fourth-order valence-corrected chi connectivity index (χ4v) is 6.29. The van der Waals surface area contributed by atoms with Crippen LogP contribution in [0.3, 0.4) is 0 Å². The van der Waals surface area contributed by atoms with Gasteiger partial charge in [-0.15, -0.1) is 0 Å². The smallest absolute Gasteiger partial charge is 0.262 e. The molecule has 2 saturated carbocycles. The number of nitrogens with one attached hydrogen (secondary N) is 1. The van der Waals surface area contributed by atoms with Crippen LogP contribution in [0.5, 0.6) is 0 Å². The lowest BCUT2D eigenvalue weighted by Crippen LogP contribution is -2.41. The maximum absolute atomic E-state index is 13.0. The number of halogens is 1. The van der Waals surface area contributed by atoms with Gasteiger partial charge in [-0.3, -0.25) is 14.2 Å². The molecular formula is C23H30ClN3O3S. The summed E-state index contributed by atoms with van der Waals surface area (Å²) in [6, 6.07) is 5.29. The SMILES string of the molecule is COCCCn1c(SCC(=O)NC(C)C2CC3CCC2C3)nc2cc(Cl)ccc2c1=O. The molecule has 168 valence electrons. The average molecular weight is 464 g/mol. The van der Waals surface area contributed by atoms with Crippen molar-refractivity contribution in [2.45, 2.75) is 56.8 Å². The number of carbonyl (C=O) groups is 1. The molecule has 6 nitrogen and oxygen atoms in total. The highest BCUT2D eigenvalue weighted by molar-refractivity contribution is 7.99. The fourth-order valence-electron chi connectivity index (χ4n) is 5.29. The van der Waals surface area contributed by atoms with Gasteiger partial charge in [0.2, 0.25) is 5.91 Å². The number of hydrogen-bond acceptors (Lipinski definition) is 5. The lowest BCUT2D eigenvalue weighted by atomic mass is 9.84. The summed E-state index contributed by atoms with van der Waals surface area (Å²) in [4.78, 5) is 30.4. The lowest BCUT2D eigenvalue weighted by molar-refractivity contribution is -0.119. The topological polar surface area (TPSA) is 73.2 Å². The van der Waals surface area contributed by atoms with E-state index < -0.39 is 0 Å². The third-order valence-electron chi connectivity index (χ3n) is 6.77. The van der Waals surface area contributed by atoms with E-state index in [1.54, 1.807) is 29.9 Å². The van der Waals surface area contributed by atoms with Gasteiger partial charge in [0.25, 0.3) is 5.56 Å². The van der Waals surface area contributed by atoms with Gasteiger partial charge in [0.15, 0.2) is 5.16 Å². The molecule has 4 atom stereocenters. The Labute approximate surface area is 192 Å². The molecule has 0 saturated heterocycles. The second-order valence-electron chi connectivity index (χ2n) is 8.84. The largest absolute Gasteiger partial charge is 0.385 e. The number of amides is 1. The van der Waals surface area contributed by atoms with E-state index in [9.17, 15) is 9.59 Å². The molecule has 1 amide bonds. The first-order valence-electron chi connectivity index (χ1n) is 11.1. The van der Waals surface area contributed by atoms with Gasteiger partial charge >= 0.3 is 0 Å². The van der Waals surface area contributed by atoms with Crippen molar-refractivity contribution in [2.24, 2.45) is 17.8 Å². The van der Waals surface area contributed by atoms with E-state index in [4.69, 9.17) is 16.3 Å². The maximum atomic E-state index is 13.0. The molecule has 8 heteroatoms. The van der Waals surface area contributed by atoms with Crippen LogP contribution in [0, 0.1) is 17.8 Å². The first-order valence-corrected chi connectivity index (χ1v) is 12.4. The van der Waals surface area contributed by atoms with Gasteiger partial charge in [-0.25, -0.2) is 4.98 Å². The molecule has 1 heterocycles. The molecule has 1 aromatic carbocycles. The van der Waals surface area contributed by atoms with Crippen molar-refractivity contribution in [3.63, 3.8) is 0 Å². The number of nitrogens with zero attached hydrogens (tertiary/aromatic N) is 2. The quantitative estimate of drug-likeness (QED) is 0.344. The van der Waals surface area contributed by atoms with Crippen LogP contribution in [-0.4, -0.2) is 41.0 Å². The predicted molar refractivity (Wildman–Crippen MR) is 125 cm³/mol. The summed E-state index contributed by atoms with van der Waals surface area (Å²) in [5, 5.41) is 4.79. The zero-order chi connectivity index (χ0) is 22.0. The summed E-state index contributed by atoms with van der Waals surface area (Å²) in [6.45, 7) is 3.17. The average Bonchev–Trinajstić information content (AvgIpc) is 3.37. The molecule has 2 aliphatic carbocycles. The summed E-state index contributed by atoms with van der Waals surface area (Å²) in [6.07, 6.45) is 5.93. The number of benzene rings is 1. The first-order chi connectivity index (χ1) is 15.0. The molecule has 1 aromatic heterocycles. The molecule has 31 heavy (non-hydrogen) atoms. The molecular weight excluding hydrogens is 434 g/mol. The Morgan fingerprint density at radius 1 is 1.39 bits per heavy atom. The number of thioether (sulfide) groups is 1. The molecule has 0 radical (unpaired) electrons. The number of methoxy groups -OCH3 is 1. The Morgan fingerprint density at radius 2 is 2.23 bits per heavy atom.